The highest BCUT2D eigenvalue weighted by Crippen LogP contribution is 2.32. The Kier molecular flexibility index (Phi) is 5.22. The predicted molar refractivity (Wildman–Crippen MR) is 98.0 cm³/mol. The maximum absolute atomic E-state index is 12.0. The van der Waals surface area contributed by atoms with Crippen molar-refractivity contribution >= 4 is 40.5 Å². The molecule has 126 valence electrons. The standard InChI is InChI=1S/C18H13Cl2N3O2/c19-5-6-25-16-8-15-13(7-11(16)9-21)18(22-10-17(24)23-15)12-3-1-2-4-14(12)20/h1-4,7-8H,5-6,10H2,(H,23,24). The second kappa shape index (κ2) is 7.56. The van der Waals surface area contributed by atoms with Gasteiger partial charge < -0.3 is 10.1 Å². The van der Waals surface area contributed by atoms with Gasteiger partial charge in [0, 0.05) is 22.2 Å². The van der Waals surface area contributed by atoms with E-state index in [0.29, 0.717) is 44.7 Å². The number of benzene rings is 2. The van der Waals surface area contributed by atoms with Crippen molar-refractivity contribution in [2.75, 3.05) is 24.3 Å². The Morgan fingerprint density at radius 2 is 2.08 bits per heavy atom. The van der Waals surface area contributed by atoms with Crippen LogP contribution < -0.4 is 10.1 Å². The molecule has 0 spiro atoms. The molecule has 25 heavy (non-hydrogen) atoms. The second-order valence-electron chi connectivity index (χ2n) is 5.24. The number of carbonyl (C=O) groups is 1. The van der Waals surface area contributed by atoms with Crippen molar-refractivity contribution < 1.29 is 9.53 Å². The van der Waals surface area contributed by atoms with E-state index >= 15 is 0 Å². The quantitative estimate of drug-likeness (QED) is 0.831. The number of nitriles is 1. The van der Waals surface area contributed by atoms with Crippen molar-refractivity contribution in [3.63, 3.8) is 0 Å². The summed E-state index contributed by atoms with van der Waals surface area (Å²) in [5, 5.41) is 12.7. The summed E-state index contributed by atoms with van der Waals surface area (Å²) >= 11 is 11.9. The maximum Gasteiger partial charge on any atom is 0.246 e. The summed E-state index contributed by atoms with van der Waals surface area (Å²) in [6.07, 6.45) is 0. The van der Waals surface area contributed by atoms with E-state index in [0.717, 1.165) is 0 Å². The van der Waals surface area contributed by atoms with Crippen molar-refractivity contribution in [2.45, 2.75) is 0 Å². The topological polar surface area (TPSA) is 74.5 Å². The van der Waals surface area contributed by atoms with Crippen LogP contribution in [0.15, 0.2) is 41.4 Å². The fourth-order valence-corrected chi connectivity index (χ4v) is 2.85. The third-order valence-electron chi connectivity index (χ3n) is 3.61. The van der Waals surface area contributed by atoms with Crippen LogP contribution in [0.3, 0.4) is 0 Å². The molecule has 0 radical (unpaired) electrons. The van der Waals surface area contributed by atoms with Crippen molar-refractivity contribution in [1.82, 2.24) is 0 Å². The van der Waals surface area contributed by atoms with Crippen LogP contribution in [0.25, 0.3) is 0 Å². The first kappa shape index (κ1) is 17.3. The summed E-state index contributed by atoms with van der Waals surface area (Å²) in [6.45, 7) is 0.226. The molecular weight excluding hydrogens is 361 g/mol. The summed E-state index contributed by atoms with van der Waals surface area (Å²) < 4.78 is 5.51. The Hall–Kier alpha value is -2.55. The lowest BCUT2D eigenvalue weighted by Gasteiger charge is -2.14. The average molecular weight is 374 g/mol. The van der Waals surface area contributed by atoms with Gasteiger partial charge in [0.15, 0.2) is 0 Å². The molecule has 1 aliphatic heterocycles. The molecule has 0 saturated carbocycles. The lowest BCUT2D eigenvalue weighted by Crippen LogP contribution is -2.14. The smallest absolute Gasteiger partial charge is 0.246 e. The Morgan fingerprint density at radius 1 is 1.28 bits per heavy atom. The molecule has 3 rings (SSSR count). The van der Waals surface area contributed by atoms with Crippen LogP contribution in [0.4, 0.5) is 5.69 Å². The second-order valence-corrected chi connectivity index (χ2v) is 6.02. The van der Waals surface area contributed by atoms with Gasteiger partial charge in [-0.05, 0) is 12.1 Å². The number of anilines is 1. The van der Waals surface area contributed by atoms with Crippen LogP contribution in [-0.2, 0) is 4.79 Å². The largest absolute Gasteiger partial charge is 0.491 e. The highest BCUT2D eigenvalue weighted by molar-refractivity contribution is 6.36. The van der Waals surface area contributed by atoms with Crippen LogP contribution in [0.2, 0.25) is 5.02 Å². The van der Waals surface area contributed by atoms with Crippen LogP contribution >= 0.6 is 23.2 Å². The Labute approximate surface area is 154 Å². The molecule has 1 N–H and O–H groups in total. The number of halogens is 2. The molecule has 1 aliphatic rings. The van der Waals surface area contributed by atoms with Crippen LogP contribution in [0, 0.1) is 11.3 Å². The highest BCUT2D eigenvalue weighted by Gasteiger charge is 2.22. The first-order valence-electron chi connectivity index (χ1n) is 7.50. The number of carbonyl (C=O) groups excluding carboxylic acids is 1. The van der Waals surface area contributed by atoms with Gasteiger partial charge in [0.1, 0.15) is 25.0 Å². The van der Waals surface area contributed by atoms with Gasteiger partial charge in [-0.3, -0.25) is 9.79 Å². The summed E-state index contributed by atoms with van der Waals surface area (Å²) in [6, 6.07) is 12.6. The molecule has 1 amide bonds. The number of benzodiazepines with no additional fused rings is 1. The fraction of sp³-hybridized carbons (Fsp3) is 0.167. The number of ether oxygens (including phenoxy) is 1. The average Bonchev–Trinajstić information content (AvgIpc) is 2.77. The Bertz CT molecular complexity index is 904. The molecule has 2 aromatic rings. The van der Waals surface area contributed by atoms with Crippen molar-refractivity contribution in [2.24, 2.45) is 4.99 Å². The normalized spacial score (nSPS) is 13.2. The molecule has 0 saturated heterocycles. The summed E-state index contributed by atoms with van der Waals surface area (Å²) in [5.74, 6) is 0.402. The number of nitrogens with one attached hydrogen (secondary N) is 1. The van der Waals surface area contributed by atoms with Gasteiger partial charge >= 0.3 is 0 Å². The first-order valence-corrected chi connectivity index (χ1v) is 8.41. The molecule has 1 heterocycles. The number of hydrogen-bond donors (Lipinski definition) is 1. The van der Waals surface area contributed by atoms with Crippen molar-refractivity contribution in [3.05, 3.63) is 58.1 Å². The molecule has 2 aromatic carbocycles. The number of alkyl halides is 1. The summed E-state index contributed by atoms with van der Waals surface area (Å²) in [5.41, 5.74) is 2.72. The van der Waals surface area contributed by atoms with E-state index in [1.165, 1.54) is 0 Å². The number of nitrogens with zero attached hydrogens (tertiary/aromatic N) is 2. The maximum atomic E-state index is 12.0. The van der Waals surface area contributed by atoms with Gasteiger partial charge in [0.2, 0.25) is 5.91 Å². The van der Waals surface area contributed by atoms with Gasteiger partial charge in [0.25, 0.3) is 0 Å². The zero-order chi connectivity index (χ0) is 17.8. The van der Waals surface area contributed by atoms with E-state index < -0.39 is 0 Å². The Morgan fingerprint density at radius 3 is 2.80 bits per heavy atom. The van der Waals surface area contributed by atoms with Gasteiger partial charge in [-0.15, -0.1) is 11.6 Å². The third-order valence-corrected chi connectivity index (χ3v) is 4.10. The minimum Gasteiger partial charge on any atom is -0.491 e. The number of hydrogen-bond acceptors (Lipinski definition) is 4. The molecule has 0 fully saturated rings. The fourth-order valence-electron chi connectivity index (χ4n) is 2.54. The molecular formula is C18H13Cl2N3O2. The molecule has 5 nitrogen and oxygen atoms in total. The van der Waals surface area contributed by atoms with E-state index in [-0.39, 0.29) is 19.1 Å². The van der Waals surface area contributed by atoms with Gasteiger partial charge in [-0.2, -0.15) is 5.26 Å². The van der Waals surface area contributed by atoms with E-state index in [1.807, 2.05) is 18.2 Å². The van der Waals surface area contributed by atoms with E-state index in [2.05, 4.69) is 16.4 Å². The zero-order valence-electron chi connectivity index (χ0n) is 13.1. The molecule has 0 unspecified atom stereocenters. The molecule has 0 aromatic heterocycles. The molecule has 7 heteroatoms. The van der Waals surface area contributed by atoms with E-state index in [9.17, 15) is 10.1 Å². The zero-order valence-corrected chi connectivity index (χ0v) is 14.6. The highest BCUT2D eigenvalue weighted by atomic mass is 35.5. The predicted octanol–water partition coefficient (Wildman–Crippen LogP) is 3.62. The third kappa shape index (κ3) is 3.60. The molecule has 0 bridgehead atoms. The first-order chi connectivity index (χ1) is 12.1. The van der Waals surface area contributed by atoms with Crippen LogP contribution in [0.5, 0.6) is 5.75 Å². The number of fused-ring (bicyclic) bond motifs is 1. The molecule has 0 atom stereocenters. The summed E-state index contributed by atoms with van der Waals surface area (Å²) in [7, 11) is 0. The van der Waals surface area contributed by atoms with Gasteiger partial charge in [0.05, 0.1) is 22.8 Å². The monoisotopic (exact) mass is 373 g/mol. The number of rotatable bonds is 4. The number of aliphatic imine (C=N–C) groups is 1. The summed E-state index contributed by atoms with van der Waals surface area (Å²) in [4.78, 5) is 16.4. The van der Waals surface area contributed by atoms with Gasteiger partial charge in [-0.1, -0.05) is 29.8 Å². The lowest BCUT2D eigenvalue weighted by molar-refractivity contribution is -0.114. The Balaban J connectivity index is 2.18. The van der Waals surface area contributed by atoms with Crippen molar-refractivity contribution in [1.29, 1.82) is 5.26 Å². The number of amides is 1. The SMILES string of the molecule is N#Cc1cc2c(cc1OCCCl)NC(=O)CN=C2c1ccccc1Cl. The van der Waals surface area contributed by atoms with E-state index in [1.54, 1.807) is 18.2 Å². The van der Waals surface area contributed by atoms with Crippen LogP contribution in [0.1, 0.15) is 16.7 Å². The minimum absolute atomic E-state index is 0.0327. The minimum atomic E-state index is -0.253. The van der Waals surface area contributed by atoms with E-state index in [4.69, 9.17) is 27.9 Å². The lowest BCUT2D eigenvalue weighted by atomic mass is 9.98. The van der Waals surface area contributed by atoms with Crippen molar-refractivity contribution in [3.8, 4) is 11.8 Å². The van der Waals surface area contributed by atoms with Gasteiger partial charge in [-0.25, -0.2) is 0 Å². The molecule has 0 aliphatic carbocycles. The van der Waals surface area contributed by atoms with Crippen LogP contribution in [-0.4, -0.2) is 30.7 Å².